The van der Waals surface area contributed by atoms with Crippen molar-refractivity contribution >= 4 is 11.7 Å². The second-order valence-electron chi connectivity index (χ2n) is 2.13. The molecule has 11 heavy (non-hydrogen) atoms. The van der Waals surface area contributed by atoms with Crippen LogP contribution in [0, 0.1) is 0 Å². The lowest BCUT2D eigenvalue weighted by Gasteiger charge is -2.00. The molecule has 1 aromatic rings. The molecule has 0 saturated heterocycles. The minimum absolute atomic E-state index is 0.190. The molecule has 1 heterocycles. The third kappa shape index (κ3) is 1.75. The summed E-state index contributed by atoms with van der Waals surface area (Å²) < 4.78 is 6.30. The summed E-state index contributed by atoms with van der Waals surface area (Å²) in [7, 11) is 0. The Hall–Kier alpha value is -0.940. The van der Waals surface area contributed by atoms with E-state index in [2.05, 4.69) is 15.3 Å². The van der Waals surface area contributed by atoms with Gasteiger partial charge >= 0.3 is 0 Å². The van der Waals surface area contributed by atoms with Crippen LogP contribution in [-0.4, -0.2) is 8.75 Å². The highest BCUT2D eigenvalue weighted by atomic mass is 32.1. The number of nitrogens with one attached hydrogen (secondary N) is 1. The summed E-state index contributed by atoms with van der Waals surface area (Å²) >= 11 is 1.02. The summed E-state index contributed by atoms with van der Waals surface area (Å²) in [6.07, 6.45) is 2.25. The molecule has 1 atom stereocenters. The van der Waals surface area contributed by atoms with E-state index in [-0.39, 0.29) is 11.6 Å². The molecule has 0 aromatic carbocycles. The molecule has 0 aliphatic rings. The van der Waals surface area contributed by atoms with Gasteiger partial charge in [0, 0.05) is 11.7 Å². The summed E-state index contributed by atoms with van der Waals surface area (Å²) in [5.41, 5.74) is 5.81. The number of aromatic amines is 1. The average molecular weight is 171 g/mol. The van der Waals surface area contributed by atoms with Gasteiger partial charge in [-0.1, -0.05) is 6.08 Å². The molecule has 0 spiro atoms. The van der Waals surface area contributed by atoms with Gasteiger partial charge in [-0.15, -0.1) is 6.58 Å². The van der Waals surface area contributed by atoms with Gasteiger partial charge in [0.15, 0.2) is 0 Å². The number of rotatable bonds is 3. The molecule has 0 fully saturated rings. The van der Waals surface area contributed by atoms with Crippen molar-refractivity contribution in [3.8, 4) is 0 Å². The highest BCUT2D eigenvalue weighted by Gasteiger charge is 2.10. The van der Waals surface area contributed by atoms with Crippen LogP contribution in [0.2, 0.25) is 0 Å². The fourth-order valence-electron chi connectivity index (χ4n) is 0.734. The maximum Gasteiger partial charge on any atom is 0.282 e. The van der Waals surface area contributed by atoms with Crippen molar-refractivity contribution in [1.29, 1.82) is 0 Å². The van der Waals surface area contributed by atoms with Crippen molar-refractivity contribution in [1.82, 2.24) is 8.75 Å². The first kappa shape index (κ1) is 8.16. The minimum atomic E-state index is -0.317. The standard InChI is InChI=1S/C6H9N3OS/c1-2-3-4(7)5-6(10)9-11-8-5/h2,4H,1,3,7H2,(H,9,10). The fourth-order valence-corrected chi connectivity index (χ4v) is 1.28. The molecule has 5 heteroatoms. The second-order valence-corrected chi connectivity index (χ2v) is 2.70. The van der Waals surface area contributed by atoms with E-state index in [4.69, 9.17) is 5.73 Å². The summed E-state index contributed by atoms with van der Waals surface area (Å²) in [6, 6.07) is -0.317. The van der Waals surface area contributed by atoms with Crippen LogP contribution in [-0.2, 0) is 0 Å². The van der Waals surface area contributed by atoms with Gasteiger partial charge in [0.2, 0.25) is 0 Å². The molecule has 4 nitrogen and oxygen atoms in total. The zero-order chi connectivity index (χ0) is 8.27. The molecule has 1 aromatic heterocycles. The zero-order valence-electron chi connectivity index (χ0n) is 5.91. The average Bonchev–Trinajstić information content (AvgIpc) is 2.36. The fraction of sp³-hybridized carbons (Fsp3) is 0.333. The molecule has 0 aliphatic carbocycles. The van der Waals surface area contributed by atoms with Gasteiger partial charge < -0.3 is 5.73 Å². The lowest BCUT2D eigenvalue weighted by molar-refractivity contribution is 0.715. The van der Waals surface area contributed by atoms with E-state index < -0.39 is 0 Å². The summed E-state index contributed by atoms with van der Waals surface area (Å²) in [5.74, 6) is 0. The quantitative estimate of drug-likeness (QED) is 0.647. The van der Waals surface area contributed by atoms with Crippen molar-refractivity contribution in [2.45, 2.75) is 12.5 Å². The highest BCUT2D eigenvalue weighted by Crippen LogP contribution is 2.06. The summed E-state index contributed by atoms with van der Waals surface area (Å²) in [6.45, 7) is 3.52. The number of hydrogen-bond donors (Lipinski definition) is 2. The molecule has 3 N–H and O–H groups in total. The topological polar surface area (TPSA) is 71.8 Å². The van der Waals surface area contributed by atoms with Crippen LogP contribution in [0.3, 0.4) is 0 Å². The lowest BCUT2D eigenvalue weighted by Crippen LogP contribution is -2.18. The molecule has 1 unspecified atom stereocenters. The molecular formula is C6H9N3OS. The van der Waals surface area contributed by atoms with E-state index in [1.807, 2.05) is 0 Å². The second kappa shape index (κ2) is 3.45. The predicted octanol–water partition coefficient (Wildman–Crippen LogP) is 0.407. The van der Waals surface area contributed by atoms with E-state index in [1.165, 1.54) is 0 Å². The Bertz CT molecular complexity index is 290. The minimum Gasteiger partial charge on any atom is -0.322 e. The van der Waals surface area contributed by atoms with Crippen molar-refractivity contribution < 1.29 is 0 Å². The molecule has 60 valence electrons. The van der Waals surface area contributed by atoms with Crippen molar-refractivity contribution in [2.24, 2.45) is 5.73 Å². The van der Waals surface area contributed by atoms with Crippen LogP contribution in [0.15, 0.2) is 17.4 Å². The Balaban J connectivity index is 2.83. The SMILES string of the molecule is C=CCC(N)c1ns[nH]c1=O. The van der Waals surface area contributed by atoms with Crippen LogP contribution in [0.5, 0.6) is 0 Å². The lowest BCUT2D eigenvalue weighted by atomic mass is 10.2. The predicted molar refractivity (Wildman–Crippen MR) is 44.5 cm³/mol. The third-order valence-corrected chi connectivity index (χ3v) is 1.85. The normalized spacial score (nSPS) is 12.8. The molecule has 1 rings (SSSR count). The smallest absolute Gasteiger partial charge is 0.282 e. The van der Waals surface area contributed by atoms with E-state index in [0.29, 0.717) is 12.1 Å². The first-order valence-corrected chi connectivity index (χ1v) is 3.93. The van der Waals surface area contributed by atoms with Gasteiger partial charge in [-0.3, -0.25) is 9.17 Å². The number of nitrogens with two attached hydrogens (primary N) is 1. The van der Waals surface area contributed by atoms with Crippen LogP contribution in [0.25, 0.3) is 0 Å². The maximum atomic E-state index is 10.9. The van der Waals surface area contributed by atoms with Crippen molar-refractivity contribution in [3.05, 3.63) is 28.7 Å². The zero-order valence-corrected chi connectivity index (χ0v) is 6.73. The monoisotopic (exact) mass is 171 g/mol. The van der Waals surface area contributed by atoms with E-state index in [1.54, 1.807) is 6.08 Å². The largest absolute Gasteiger partial charge is 0.322 e. The Morgan fingerprint density at radius 3 is 3.09 bits per heavy atom. The molecule has 0 aliphatic heterocycles. The number of nitrogens with zero attached hydrogens (tertiary/aromatic N) is 1. The summed E-state index contributed by atoms with van der Waals surface area (Å²) in [5, 5.41) is 0. The summed E-state index contributed by atoms with van der Waals surface area (Å²) in [4.78, 5) is 10.9. The van der Waals surface area contributed by atoms with Crippen molar-refractivity contribution in [2.75, 3.05) is 0 Å². The highest BCUT2D eigenvalue weighted by molar-refractivity contribution is 6.99. The Labute approximate surface area is 68.1 Å². The Kier molecular flexibility index (Phi) is 2.56. The maximum absolute atomic E-state index is 10.9. The van der Waals surface area contributed by atoms with E-state index in [0.717, 1.165) is 11.7 Å². The van der Waals surface area contributed by atoms with Crippen molar-refractivity contribution in [3.63, 3.8) is 0 Å². The first-order valence-electron chi connectivity index (χ1n) is 3.16. The first-order chi connectivity index (χ1) is 5.25. The Morgan fingerprint density at radius 1 is 1.91 bits per heavy atom. The number of hydrogen-bond acceptors (Lipinski definition) is 4. The van der Waals surface area contributed by atoms with E-state index >= 15 is 0 Å². The molecule has 0 amide bonds. The van der Waals surface area contributed by atoms with Crippen LogP contribution in [0.1, 0.15) is 18.2 Å². The third-order valence-electron chi connectivity index (χ3n) is 1.29. The molecule has 0 saturated carbocycles. The van der Waals surface area contributed by atoms with Crippen LogP contribution < -0.4 is 11.3 Å². The van der Waals surface area contributed by atoms with E-state index in [9.17, 15) is 4.79 Å². The van der Waals surface area contributed by atoms with Gasteiger partial charge in [-0.2, -0.15) is 4.37 Å². The number of H-pyrrole nitrogens is 1. The molecule has 0 bridgehead atoms. The van der Waals surface area contributed by atoms with Crippen LogP contribution >= 0.6 is 11.7 Å². The van der Waals surface area contributed by atoms with Gasteiger partial charge in [0.05, 0.1) is 6.04 Å². The molecule has 0 radical (unpaired) electrons. The molecular weight excluding hydrogens is 162 g/mol. The number of aromatic nitrogens is 2. The van der Waals surface area contributed by atoms with Gasteiger partial charge in [-0.05, 0) is 6.42 Å². The Morgan fingerprint density at radius 2 is 2.64 bits per heavy atom. The van der Waals surface area contributed by atoms with Gasteiger partial charge in [-0.25, -0.2) is 0 Å². The van der Waals surface area contributed by atoms with Gasteiger partial charge in [0.25, 0.3) is 5.56 Å². The van der Waals surface area contributed by atoms with Gasteiger partial charge in [0.1, 0.15) is 5.69 Å². The van der Waals surface area contributed by atoms with Crippen LogP contribution in [0.4, 0.5) is 0 Å².